The number of anilines is 1. The molecule has 0 saturated heterocycles. The minimum atomic E-state index is -0.0920. The molecule has 0 bridgehead atoms. The van der Waals surface area contributed by atoms with Gasteiger partial charge in [-0.25, -0.2) is 0 Å². The Kier molecular flexibility index (Phi) is 5.28. The lowest BCUT2D eigenvalue weighted by Gasteiger charge is -2.31. The Bertz CT molecular complexity index is 1250. The van der Waals surface area contributed by atoms with Crippen molar-refractivity contribution >= 4 is 17.1 Å². The summed E-state index contributed by atoms with van der Waals surface area (Å²) in [5.74, 6) is 0. The van der Waals surface area contributed by atoms with Crippen molar-refractivity contribution in [3.63, 3.8) is 0 Å². The van der Waals surface area contributed by atoms with Crippen LogP contribution in [0.4, 0.5) is 11.4 Å². The van der Waals surface area contributed by atoms with Gasteiger partial charge in [0.25, 0.3) is 0 Å². The number of rotatable bonds is 5. The molecule has 0 saturated carbocycles. The lowest BCUT2D eigenvalue weighted by molar-refractivity contribution is -0.433. The second kappa shape index (κ2) is 8.02. The van der Waals surface area contributed by atoms with Gasteiger partial charge in [0.2, 0.25) is 5.69 Å². The number of hydrogen-bond donors (Lipinski definition) is 0. The van der Waals surface area contributed by atoms with Gasteiger partial charge in [-0.2, -0.15) is 4.58 Å². The van der Waals surface area contributed by atoms with Crippen LogP contribution in [0, 0.1) is 0 Å². The van der Waals surface area contributed by atoms with E-state index in [0.717, 1.165) is 19.5 Å². The molecule has 0 fully saturated rings. The second-order valence-corrected chi connectivity index (χ2v) is 10.1. The minimum Gasteiger partial charge on any atom is -0.344 e. The van der Waals surface area contributed by atoms with Gasteiger partial charge in [0.15, 0.2) is 5.71 Å². The molecule has 0 N–H and O–H groups in total. The maximum atomic E-state index is 2.54. The van der Waals surface area contributed by atoms with E-state index in [1.807, 2.05) is 0 Å². The van der Waals surface area contributed by atoms with E-state index in [9.17, 15) is 0 Å². The van der Waals surface area contributed by atoms with E-state index in [1.165, 1.54) is 39.5 Å². The molecule has 168 valence electrons. The first-order valence-electron chi connectivity index (χ1n) is 12.3. The van der Waals surface area contributed by atoms with Crippen LogP contribution in [0.15, 0.2) is 90.6 Å². The standard InChI is InChI=1S/C31H35N2/c1-6-32-26-19-13-11-17-24(26)30(3,4)28(32)21-29-31(5,22-23-15-9-8-10-16-23)25-18-12-14-20-27(25)33(29)7-2/h8-21H,6-7,22H2,1-5H3/q+1. The molecule has 0 amide bonds. The zero-order chi connectivity index (χ0) is 23.2. The van der Waals surface area contributed by atoms with E-state index < -0.39 is 0 Å². The van der Waals surface area contributed by atoms with Crippen molar-refractivity contribution in [1.29, 1.82) is 0 Å². The van der Waals surface area contributed by atoms with Gasteiger partial charge in [-0.3, -0.25) is 0 Å². The van der Waals surface area contributed by atoms with E-state index in [-0.39, 0.29) is 10.8 Å². The van der Waals surface area contributed by atoms with Gasteiger partial charge in [0.1, 0.15) is 6.54 Å². The Morgan fingerprint density at radius 2 is 1.42 bits per heavy atom. The number of hydrogen-bond acceptors (Lipinski definition) is 1. The van der Waals surface area contributed by atoms with Crippen molar-refractivity contribution in [1.82, 2.24) is 0 Å². The van der Waals surface area contributed by atoms with Gasteiger partial charge >= 0.3 is 0 Å². The number of para-hydroxylation sites is 2. The molecule has 2 nitrogen and oxygen atoms in total. The summed E-state index contributed by atoms with van der Waals surface area (Å²) in [6.45, 7) is 13.7. The number of benzene rings is 3. The minimum absolute atomic E-state index is 0.0402. The summed E-state index contributed by atoms with van der Waals surface area (Å²) in [5.41, 5.74) is 9.59. The first-order chi connectivity index (χ1) is 15.9. The van der Waals surface area contributed by atoms with Crippen molar-refractivity contribution in [2.24, 2.45) is 0 Å². The van der Waals surface area contributed by atoms with Crippen molar-refractivity contribution in [2.45, 2.75) is 51.9 Å². The molecule has 33 heavy (non-hydrogen) atoms. The summed E-state index contributed by atoms with van der Waals surface area (Å²) >= 11 is 0. The Morgan fingerprint density at radius 3 is 2.12 bits per heavy atom. The third-order valence-electron chi connectivity index (χ3n) is 7.75. The average Bonchev–Trinajstić information content (AvgIpc) is 3.20. The summed E-state index contributed by atoms with van der Waals surface area (Å²) in [4.78, 5) is 2.54. The van der Waals surface area contributed by atoms with Crippen molar-refractivity contribution in [3.8, 4) is 0 Å². The first kappa shape index (κ1) is 21.7. The van der Waals surface area contributed by atoms with E-state index >= 15 is 0 Å². The maximum absolute atomic E-state index is 2.54. The van der Waals surface area contributed by atoms with Crippen LogP contribution >= 0.6 is 0 Å². The predicted octanol–water partition coefficient (Wildman–Crippen LogP) is 7.01. The van der Waals surface area contributed by atoms with Crippen LogP contribution in [-0.4, -0.2) is 23.4 Å². The van der Waals surface area contributed by atoms with Gasteiger partial charge in [0.05, 0.1) is 5.41 Å². The zero-order valence-corrected chi connectivity index (χ0v) is 20.6. The van der Waals surface area contributed by atoms with E-state index in [1.54, 1.807) is 0 Å². The van der Waals surface area contributed by atoms with Crippen LogP contribution in [0.25, 0.3) is 0 Å². The Balaban J connectivity index is 1.73. The number of nitrogens with zero attached hydrogens (tertiary/aromatic N) is 2. The predicted molar refractivity (Wildman–Crippen MR) is 140 cm³/mol. The largest absolute Gasteiger partial charge is 0.344 e. The fourth-order valence-corrected chi connectivity index (χ4v) is 6.08. The van der Waals surface area contributed by atoms with Crippen molar-refractivity contribution < 1.29 is 4.58 Å². The second-order valence-electron chi connectivity index (χ2n) is 10.1. The van der Waals surface area contributed by atoms with Crippen LogP contribution in [0.2, 0.25) is 0 Å². The van der Waals surface area contributed by atoms with Gasteiger partial charge in [0, 0.05) is 41.1 Å². The fourth-order valence-electron chi connectivity index (χ4n) is 6.08. The van der Waals surface area contributed by atoms with E-state index in [4.69, 9.17) is 0 Å². The molecule has 2 heteroatoms. The quantitative estimate of drug-likeness (QED) is 0.391. The molecule has 0 aromatic heterocycles. The lowest BCUT2D eigenvalue weighted by atomic mass is 9.74. The molecular formula is C31H35N2+. The molecule has 2 heterocycles. The summed E-state index contributed by atoms with van der Waals surface area (Å²) < 4.78 is 2.52. The molecule has 5 rings (SSSR count). The molecule has 3 aromatic carbocycles. The molecule has 1 atom stereocenters. The molecule has 0 radical (unpaired) electrons. The average molecular weight is 436 g/mol. The van der Waals surface area contributed by atoms with Crippen LogP contribution in [0.5, 0.6) is 0 Å². The molecular weight excluding hydrogens is 400 g/mol. The van der Waals surface area contributed by atoms with Crippen LogP contribution < -0.4 is 4.90 Å². The summed E-state index contributed by atoms with van der Waals surface area (Å²) in [5, 5.41) is 0. The monoisotopic (exact) mass is 435 g/mol. The smallest absolute Gasteiger partial charge is 0.209 e. The van der Waals surface area contributed by atoms with E-state index in [0.29, 0.717) is 0 Å². The molecule has 2 aliphatic rings. The highest BCUT2D eigenvalue weighted by molar-refractivity contribution is 6.04. The normalized spacial score (nSPS) is 22.1. The zero-order valence-electron chi connectivity index (χ0n) is 20.6. The van der Waals surface area contributed by atoms with Crippen LogP contribution in [-0.2, 0) is 17.3 Å². The summed E-state index contributed by atoms with van der Waals surface area (Å²) in [7, 11) is 0. The van der Waals surface area contributed by atoms with Crippen LogP contribution in [0.1, 0.15) is 51.3 Å². The number of fused-ring (bicyclic) bond motifs is 2. The molecule has 2 aliphatic heterocycles. The molecule has 3 aromatic rings. The van der Waals surface area contributed by atoms with Gasteiger partial charge in [-0.15, -0.1) is 0 Å². The first-order valence-corrected chi connectivity index (χ1v) is 12.3. The third kappa shape index (κ3) is 3.27. The van der Waals surface area contributed by atoms with Crippen molar-refractivity contribution in [2.75, 3.05) is 18.0 Å². The number of likely N-dealkylation sites (N-methyl/N-ethyl adjacent to an activating group) is 1. The summed E-state index contributed by atoms with van der Waals surface area (Å²) in [6.07, 6.45) is 3.51. The van der Waals surface area contributed by atoms with E-state index in [2.05, 4.69) is 129 Å². The molecule has 0 aliphatic carbocycles. The van der Waals surface area contributed by atoms with Gasteiger partial charge in [-0.1, -0.05) is 66.7 Å². The van der Waals surface area contributed by atoms with Gasteiger partial charge in [-0.05, 0) is 58.2 Å². The SMILES string of the molecule is CCN1C(=CC2=[N+](CC)c3ccccc3C2(C)C)C(C)(Cc2ccccc2)c2ccccc21. The Morgan fingerprint density at radius 1 is 0.788 bits per heavy atom. The number of allylic oxidation sites excluding steroid dienone is 2. The lowest BCUT2D eigenvalue weighted by Crippen LogP contribution is -2.35. The summed E-state index contributed by atoms with van der Waals surface area (Å²) in [6, 6.07) is 28.9. The highest BCUT2D eigenvalue weighted by Crippen LogP contribution is 2.50. The Labute approximate surface area is 198 Å². The highest BCUT2D eigenvalue weighted by Gasteiger charge is 2.48. The van der Waals surface area contributed by atoms with Gasteiger partial charge < -0.3 is 4.90 Å². The third-order valence-corrected chi connectivity index (χ3v) is 7.75. The highest BCUT2D eigenvalue weighted by atomic mass is 15.2. The molecule has 0 spiro atoms. The maximum Gasteiger partial charge on any atom is 0.209 e. The topological polar surface area (TPSA) is 6.25 Å². The van der Waals surface area contributed by atoms with Crippen molar-refractivity contribution in [3.05, 3.63) is 107 Å². The fraction of sp³-hybridized carbons (Fsp3) is 0.323. The molecule has 1 unspecified atom stereocenters. The van der Waals surface area contributed by atoms with Crippen LogP contribution in [0.3, 0.4) is 0 Å². The Hall–Kier alpha value is -3.13.